The van der Waals surface area contributed by atoms with Crippen LogP contribution < -0.4 is 10.2 Å². The minimum absolute atomic E-state index is 0.0631. The average molecular weight is 256 g/mol. The highest BCUT2D eigenvalue weighted by molar-refractivity contribution is 6.58. The second kappa shape index (κ2) is 7.36. The van der Waals surface area contributed by atoms with Crippen molar-refractivity contribution in [3.05, 3.63) is 24.0 Å². The summed E-state index contributed by atoms with van der Waals surface area (Å²) in [6.07, 6.45) is 0. The van der Waals surface area contributed by atoms with Crippen molar-refractivity contribution >= 4 is 12.6 Å². The summed E-state index contributed by atoms with van der Waals surface area (Å²) in [4.78, 5) is 0. The molecule has 0 radical (unpaired) electrons. The number of ether oxygens (including phenoxy) is 2. The van der Waals surface area contributed by atoms with Gasteiger partial charge in [0.15, 0.2) is 0 Å². The molecule has 0 heterocycles. The number of rotatable bonds is 7. The molecule has 6 heteroatoms. The maximum atomic E-state index is 13.1. The molecular weight excluding hydrogens is 238 g/mol. The smallest absolute Gasteiger partial charge is 0.488 e. The lowest BCUT2D eigenvalue weighted by Crippen LogP contribution is -2.30. The van der Waals surface area contributed by atoms with Gasteiger partial charge in [0.1, 0.15) is 18.2 Å². The van der Waals surface area contributed by atoms with Crippen molar-refractivity contribution in [2.24, 2.45) is 5.92 Å². The van der Waals surface area contributed by atoms with Gasteiger partial charge >= 0.3 is 7.12 Å². The van der Waals surface area contributed by atoms with E-state index in [1.807, 2.05) is 13.8 Å². The Balaban J connectivity index is 2.42. The van der Waals surface area contributed by atoms with E-state index in [-0.39, 0.29) is 17.8 Å². The molecule has 0 aliphatic heterocycles. The van der Waals surface area contributed by atoms with Gasteiger partial charge in [-0.3, -0.25) is 0 Å². The zero-order valence-corrected chi connectivity index (χ0v) is 10.6. The van der Waals surface area contributed by atoms with Gasteiger partial charge in [0.05, 0.1) is 6.61 Å². The van der Waals surface area contributed by atoms with Gasteiger partial charge in [0.2, 0.25) is 0 Å². The molecule has 1 aromatic rings. The summed E-state index contributed by atoms with van der Waals surface area (Å²) >= 11 is 0. The van der Waals surface area contributed by atoms with Crippen LogP contribution in [0.15, 0.2) is 18.2 Å². The largest absolute Gasteiger partial charge is 0.491 e. The Morgan fingerprint density at radius 3 is 2.56 bits per heavy atom. The summed E-state index contributed by atoms with van der Waals surface area (Å²) in [6.45, 7) is 5.43. The van der Waals surface area contributed by atoms with Gasteiger partial charge in [0, 0.05) is 12.7 Å². The Morgan fingerprint density at radius 1 is 1.22 bits per heavy atom. The molecule has 0 fully saturated rings. The van der Waals surface area contributed by atoms with Crippen molar-refractivity contribution in [3.63, 3.8) is 0 Å². The molecule has 1 rings (SSSR count). The van der Waals surface area contributed by atoms with Gasteiger partial charge in [-0.05, 0) is 23.5 Å². The quantitative estimate of drug-likeness (QED) is 0.552. The van der Waals surface area contributed by atoms with Crippen LogP contribution in [0.5, 0.6) is 5.75 Å². The van der Waals surface area contributed by atoms with E-state index in [4.69, 9.17) is 19.5 Å². The van der Waals surface area contributed by atoms with Crippen LogP contribution in [0.3, 0.4) is 0 Å². The van der Waals surface area contributed by atoms with E-state index in [0.29, 0.717) is 19.1 Å². The maximum Gasteiger partial charge on any atom is 0.488 e. The summed E-state index contributed by atoms with van der Waals surface area (Å²) in [6, 6.07) is 3.62. The van der Waals surface area contributed by atoms with Crippen molar-refractivity contribution in [2.75, 3.05) is 19.8 Å². The lowest BCUT2D eigenvalue weighted by atomic mass is 9.80. The standard InChI is InChI=1S/C12H18BFO4/c1-9(2)8-17-3-4-18-12-6-10(13(15)16)5-11(14)7-12/h5-7,9,15-16H,3-4,8H2,1-2H3. The number of halogens is 1. The van der Waals surface area contributed by atoms with Gasteiger partial charge in [-0.2, -0.15) is 0 Å². The Bertz CT molecular complexity index is 371. The average Bonchev–Trinajstić information content (AvgIpc) is 2.27. The molecular formula is C12H18BFO4. The fourth-order valence-electron chi connectivity index (χ4n) is 1.35. The van der Waals surface area contributed by atoms with Crippen LogP contribution in [0.1, 0.15) is 13.8 Å². The molecule has 0 spiro atoms. The van der Waals surface area contributed by atoms with Gasteiger partial charge in [-0.25, -0.2) is 4.39 Å². The predicted octanol–water partition coefficient (Wildman–Crippen LogP) is 0.557. The molecule has 18 heavy (non-hydrogen) atoms. The van der Waals surface area contributed by atoms with E-state index in [0.717, 1.165) is 6.07 Å². The molecule has 100 valence electrons. The SMILES string of the molecule is CC(C)COCCOc1cc(F)cc(B(O)O)c1. The van der Waals surface area contributed by atoms with E-state index in [9.17, 15) is 4.39 Å². The number of hydrogen-bond acceptors (Lipinski definition) is 4. The Kier molecular flexibility index (Phi) is 6.11. The summed E-state index contributed by atoms with van der Waals surface area (Å²) in [7, 11) is -1.71. The van der Waals surface area contributed by atoms with Crippen molar-refractivity contribution in [2.45, 2.75) is 13.8 Å². The van der Waals surface area contributed by atoms with Crippen molar-refractivity contribution in [1.82, 2.24) is 0 Å². The molecule has 0 atom stereocenters. The Labute approximate surface area is 106 Å². The number of benzene rings is 1. The first-order valence-corrected chi connectivity index (χ1v) is 5.86. The van der Waals surface area contributed by atoms with E-state index < -0.39 is 12.9 Å². The van der Waals surface area contributed by atoms with E-state index >= 15 is 0 Å². The minimum Gasteiger partial charge on any atom is -0.491 e. The van der Waals surface area contributed by atoms with Crippen LogP contribution in [-0.2, 0) is 4.74 Å². The van der Waals surface area contributed by atoms with E-state index in [1.165, 1.54) is 12.1 Å². The summed E-state index contributed by atoms with van der Waals surface area (Å²) in [5.41, 5.74) is 0.0631. The molecule has 1 aromatic carbocycles. The lowest BCUT2D eigenvalue weighted by Gasteiger charge is -2.10. The Hall–Kier alpha value is -1.11. The van der Waals surface area contributed by atoms with E-state index in [2.05, 4.69) is 0 Å². The van der Waals surface area contributed by atoms with Crippen LogP contribution >= 0.6 is 0 Å². The second-order valence-corrected chi connectivity index (χ2v) is 4.41. The molecule has 0 aromatic heterocycles. The minimum atomic E-state index is -1.71. The van der Waals surface area contributed by atoms with Crippen molar-refractivity contribution < 1.29 is 23.9 Å². The summed E-state index contributed by atoms with van der Waals surface area (Å²) in [5, 5.41) is 17.9. The first kappa shape index (κ1) is 15.0. The third-order valence-electron chi connectivity index (χ3n) is 2.14. The first-order valence-electron chi connectivity index (χ1n) is 5.86. The van der Waals surface area contributed by atoms with Gasteiger partial charge < -0.3 is 19.5 Å². The molecule has 0 bridgehead atoms. The first-order chi connectivity index (χ1) is 8.49. The van der Waals surface area contributed by atoms with Crippen molar-refractivity contribution in [3.8, 4) is 5.75 Å². The normalized spacial score (nSPS) is 10.8. The third-order valence-corrected chi connectivity index (χ3v) is 2.14. The fraction of sp³-hybridized carbons (Fsp3) is 0.500. The molecule has 0 aliphatic rings. The van der Waals surface area contributed by atoms with Crippen LogP contribution in [-0.4, -0.2) is 37.0 Å². The molecule has 0 amide bonds. The highest BCUT2D eigenvalue weighted by Crippen LogP contribution is 2.11. The molecule has 0 aliphatic carbocycles. The highest BCUT2D eigenvalue weighted by atomic mass is 19.1. The van der Waals surface area contributed by atoms with Crippen LogP contribution in [0.4, 0.5) is 4.39 Å². The predicted molar refractivity (Wildman–Crippen MR) is 67.4 cm³/mol. The topological polar surface area (TPSA) is 58.9 Å². The van der Waals surface area contributed by atoms with Crippen LogP contribution in [0.25, 0.3) is 0 Å². The van der Waals surface area contributed by atoms with Crippen molar-refractivity contribution in [1.29, 1.82) is 0 Å². The second-order valence-electron chi connectivity index (χ2n) is 4.41. The molecule has 0 unspecified atom stereocenters. The lowest BCUT2D eigenvalue weighted by molar-refractivity contribution is 0.0818. The zero-order valence-electron chi connectivity index (χ0n) is 10.6. The molecule has 0 saturated heterocycles. The molecule has 2 N–H and O–H groups in total. The molecule has 0 saturated carbocycles. The Morgan fingerprint density at radius 2 is 1.94 bits per heavy atom. The molecule has 4 nitrogen and oxygen atoms in total. The highest BCUT2D eigenvalue weighted by Gasteiger charge is 2.13. The van der Waals surface area contributed by atoms with Crippen LogP contribution in [0, 0.1) is 11.7 Å². The summed E-state index contributed by atoms with van der Waals surface area (Å²) in [5.74, 6) is 0.139. The third kappa shape index (κ3) is 5.49. The van der Waals surface area contributed by atoms with Gasteiger partial charge in [0.25, 0.3) is 0 Å². The maximum absolute atomic E-state index is 13.1. The van der Waals surface area contributed by atoms with Crippen LogP contribution in [0.2, 0.25) is 0 Å². The monoisotopic (exact) mass is 256 g/mol. The fourth-order valence-corrected chi connectivity index (χ4v) is 1.35. The van der Waals surface area contributed by atoms with E-state index in [1.54, 1.807) is 0 Å². The van der Waals surface area contributed by atoms with Gasteiger partial charge in [-0.1, -0.05) is 13.8 Å². The summed E-state index contributed by atoms with van der Waals surface area (Å²) < 4.78 is 23.7. The van der Waals surface area contributed by atoms with Gasteiger partial charge in [-0.15, -0.1) is 0 Å². The number of hydrogen-bond donors (Lipinski definition) is 2. The zero-order chi connectivity index (χ0) is 13.5.